The molecule has 0 unspecified atom stereocenters. The van der Waals surface area contributed by atoms with Crippen molar-refractivity contribution in [3.05, 3.63) is 35.4 Å². The van der Waals surface area contributed by atoms with Crippen LogP contribution in [0.3, 0.4) is 0 Å². The molecule has 3 heteroatoms. The van der Waals surface area contributed by atoms with E-state index in [2.05, 4.69) is 36.5 Å². The van der Waals surface area contributed by atoms with Gasteiger partial charge in [-0.3, -0.25) is 4.79 Å². The fraction of sp³-hybridized carbons (Fsp3) is 0.562. The molecule has 19 heavy (non-hydrogen) atoms. The molecule has 0 fully saturated rings. The topological polar surface area (TPSA) is 38.3 Å². The number of nitrogens with one attached hydrogen (secondary N) is 1. The first kappa shape index (κ1) is 15.7. The number of carbonyl (C=O) groups excluding carboxylic acids is 1. The Labute approximate surface area is 116 Å². The molecule has 1 amide bonds. The van der Waals surface area contributed by atoms with E-state index in [1.807, 2.05) is 6.92 Å². The van der Waals surface area contributed by atoms with Crippen LogP contribution in [0.15, 0.2) is 24.3 Å². The van der Waals surface area contributed by atoms with E-state index in [1.165, 1.54) is 11.1 Å². The zero-order valence-electron chi connectivity index (χ0n) is 12.2. The van der Waals surface area contributed by atoms with Gasteiger partial charge in [-0.1, -0.05) is 31.2 Å². The van der Waals surface area contributed by atoms with Crippen molar-refractivity contribution in [1.82, 2.24) is 5.32 Å². The van der Waals surface area contributed by atoms with Crippen molar-refractivity contribution >= 4 is 5.91 Å². The molecule has 0 spiro atoms. The number of ether oxygens (including phenoxy) is 1. The van der Waals surface area contributed by atoms with Crippen molar-refractivity contribution in [3.8, 4) is 0 Å². The zero-order chi connectivity index (χ0) is 14.1. The Kier molecular flexibility index (Phi) is 7.19. The van der Waals surface area contributed by atoms with Crippen LogP contribution in [0, 0.1) is 0 Å². The summed E-state index contributed by atoms with van der Waals surface area (Å²) in [7, 11) is 1.61. The minimum atomic E-state index is 0.0654. The fourth-order valence-electron chi connectivity index (χ4n) is 1.94. The molecule has 1 aromatic carbocycles. The first-order valence-electron chi connectivity index (χ1n) is 7.01. The lowest BCUT2D eigenvalue weighted by molar-refractivity contribution is -0.122. The highest BCUT2D eigenvalue weighted by Crippen LogP contribution is 2.08. The summed E-state index contributed by atoms with van der Waals surface area (Å²) in [6.45, 7) is 4.69. The molecule has 0 saturated heterocycles. The number of amides is 1. The number of rotatable bonds is 8. The van der Waals surface area contributed by atoms with E-state index in [-0.39, 0.29) is 11.9 Å². The molecule has 1 aromatic rings. The molecule has 0 bridgehead atoms. The molecular weight excluding hydrogens is 238 g/mol. The smallest absolute Gasteiger partial charge is 0.222 e. The third kappa shape index (κ3) is 6.39. The number of carbonyl (C=O) groups is 1. The summed E-state index contributed by atoms with van der Waals surface area (Å²) < 4.78 is 4.88. The lowest BCUT2D eigenvalue weighted by atomic mass is 10.0. The van der Waals surface area contributed by atoms with Gasteiger partial charge in [0.2, 0.25) is 5.91 Å². The maximum Gasteiger partial charge on any atom is 0.222 e. The van der Waals surface area contributed by atoms with E-state index >= 15 is 0 Å². The van der Waals surface area contributed by atoms with Gasteiger partial charge in [-0.05, 0) is 37.3 Å². The SMILES string of the molecule is CCc1ccc(CC[C@@H](C)NC(=O)CCOC)cc1. The Balaban J connectivity index is 2.28. The van der Waals surface area contributed by atoms with Gasteiger partial charge in [0.15, 0.2) is 0 Å². The summed E-state index contributed by atoms with van der Waals surface area (Å²) in [6, 6.07) is 8.92. The lowest BCUT2D eigenvalue weighted by Gasteiger charge is -2.13. The third-order valence-corrected chi connectivity index (χ3v) is 3.24. The number of aryl methyl sites for hydroxylation is 2. The van der Waals surface area contributed by atoms with Crippen molar-refractivity contribution in [1.29, 1.82) is 0 Å². The second-order valence-corrected chi connectivity index (χ2v) is 4.92. The molecule has 0 radical (unpaired) electrons. The van der Waals surface area contributed by atoms with Crippen LogP contribution in [0.4, 0.5) is 0 Å². The highest BCUT2D eigenvalue weighted by atomic mass is 16.5. The van der Waals surface area contributed by atoms with Gasteiger partial charge in [-0.15, -0.1) is 0 Å². The van der Waals surface area contributed by atoms with E-state index in [4.69, 9.17) is 4.74 Å². The predicted molar refractivity (Wildman–Crippen MR) is 78.2 cm³/mol. The van der Waals surface area contributed by atoms with Crippen LogP contribution in [0.1, 0.15) is 37.8 Å². The lowest BCUT2D eigenvalue weighted by Crippen LogP contribution is -2.33. The van der Waals surface area contributed by atoms with Crippen LogP contribution in [0.5, 0.6) is 0 Å². The van der Waals surface area contributed by atoms with Crippen molar-refractivity contribution < 1.29 is 9.53 Å². The summed E-state index contributed by atoms with van der Waals surface area (Å²) in [6.07, 6.45) is 3.47. The first-order chi connectivity index (χ1) is 9.15. The number of hydrogen-bond acceptors (Lipinski definition) is 2. The number of benzene rings is 1. The fourth-order valence-corrected chi connectivity index (χ4v) is 1.94. The van der Waals surface area contributed by atoms with Gasteiger partial charge >= 0.3 is 0 Å². The molecule has 106 valence electrons. The van der Waals surface area contributed by atoms with Gasteiger partial charge in [-0.2, -0.15) is 0 Å². The predicted octanol–water partition coefficient (Wildman–Crippen LogP) is 2.72. The highest BCUT2D eigenvalue weighted by Gasteiger charge is 2.07. The van der Waals surface area contributed by atoms with E-state index in [0.717, 1.165) is 19.3 Å². The second-order valence-electron chi connectivity index (χ2n) is 4.92. The van der Waals surface area contributed by atoms with Crippen molar-refractivity contribution in [2.45, 2.75) is 45.6 Å². The van der Waals surface area contributed by atoms with E-state index in [9.17, 15) is 4.79 Å². The average molecular weight is 263 g/mol. The van der Waals surface area contributed by atoms with Gasteiger partial charge < -0.3 is 10.1 Å². The normalized spacial score (nSPS) is 12.2. The summed E-state index contributed by atoms with van der Waals surface area (Å²) in [5.41, 5.74) is 2.69. The largest absolute Gasteiger partial charge is 0.384 e. The maximum atomic E-state index is 11.5. The molecule has 1 atom stereocenters. The zero-order valence-corrected chi connectivity index (χ0v) is 12.2. The molecule has 0 aliphatic carbocycles. The third-order valence-electron chi connectivity index (χ3n) is 3.24. The first-order valence-corrected chi connectivity index (χ1v) is 7.01. The summed E-state index contributed by atoms with van der Waals surface area (Å²) in [4.78, 5) is 11.5. The van der Waals surface area contributed by atoms with E-state index < -0.39 is 0 Å². The minimum absolute atomic E-state index is 0.0654. The molecule has 1 rings (SSSR count). The highest BCUT2D eigenvalue weighted by molar-refractivity contribution is 5.76. The number of methoxy groups -OCH3 is 1. The van der Waals surface area contributed by atoms with Crippen LogP contribution in [-0.4, -0.2) is 25.7 Å². The molecule has 3 nitrogen and oxygen atoms in total. The van der Waals surface area contributed by atoms with Gasteiger partial charge in [0.05, 0.1) is 6.61 Å². The summed E-state index contributed by atoms with van der Waals surface area (Å²) >= 11 is 0. The minimum Gasteiger partial charge on any atom is -0.384 e. The van der Waals surface area contributed by atoms with Crippen molar-refractivity contribution in [3.63, 3.8) is 0 Å². The molecule has 1 N–H and O–H groups in total. The molecule has 0 aliphatic heterocycles. The van der Waals surface area contributed by atoms with Crippen molar-refractivity contribution in [2.75, 3.05) is 13.7 Å². The van der Waals surface area contributed by atoms with Crippen LogP contribution < -0.4 is 5.32 Å². The van der Waals surface area contributed by atoms with E-state index in [0.29, 0.717) is 13.0 Å². The van der Waals surface area contributed by atoms with Crippen LogP contribution in [0.25, 0.3) is 0 Å². The Morgan fingerprint density at radius 3 is 2.47 bits per heavy atom. The van der Waals surface area contributed by atoms with Crippen molar-refractivity contribution in [2.24, 2.45) is 0 Å². The standard InChI is InChI=1S/C16H25NO2/c1-4-14-7-9-15(10-8-14)6-5-13(2)17-16(18)11-12-19-3/h7-10,13H,4-6,11-12H2,1-3H3,(H,17,18)/t13-/m1/s1. The maximum absolute atomic E-state index is 11.5. The Hall–Kier alpha value is -1.35. The molecule has 0 aromatic heterocycles. The summed E-state index contributed by atoms with van der Waals surface area (Å²) in [5, 5.41) is 2.99. The van der Waals surface area contributed by atoms with E-state index in [1.54, 1.807) is 7.11 Å². The molecule has 0 saturated carbocycles. The Morgan fingerprint density at radius 1 is 1.26 bits per heavy atom. The van der Waals surface area contributed by atoms with Crippen LogP contribution in [-0.2, 0) is 22.4 Å². The molecule has 0 heterocycles. The molecule has 0 aliphatic rings. The second kappa shape index (κ2) is 8.70. The monoisotopic (exact) mass is 263 g/mol. The van der Waals surface area contributed by atoms with Gasteiger partial charge in [0.25, 0.3) is 0 Å². The average Bonchev–Trinajstić information content (AvgIpc) is 2.43. The quantitative estimate of drug-likeness (QED) is 0.783. The van der Waals surface area contributed by atoms with Crippen LogP contribution in [0.2, 0.25) is 0 Å². The van der Waals surface area contributed by atoms with Gasteiger partial charge in [0, 0.05) is 19.6 Å². The Morgan fingerprint density at radius 2 is 1.89 bits per heavy atom. The number of hydrogen-bond donors (Lipinski definition) is 1. The summed E-state index contributed by atoms with van der Waals surface area (Å²) in [5.74, 6) is 0.0654. The van der Waals surface area contributed by atoms with Crippen LogP contribution >= 0.6 is 0 Å². The van der Waals surface area contributed by atoms with Gasteiger partial charge in [-0.25, -0.2) is 0 Å². The molecular formula is C16H25NO2. The Bertz CT molecular complexity index is 373. The van der Waals surface area contributed by atoms with Gasteiger partial charge in [0.1, 0.15) is 0 Å².